The number of para-hydroxylation sites is 1. The lowest BCUT2D eigenvalue weighted by atomic mass is 10.1. The predicted octanol–water partition coefficient (Wildman–Crippen LogP) is 2.54. The largest absolute Gasteiger partial charge is 0.352 e. The Kier molecular flexibility index (Phi) is 3.50. The third-order valence-electron chi connectivity index (χ3n) is 2.49. The van der Waals surface area contributed by atoms with Gasteiger partial charge < -0.3 is 5.32 Å². The molecule has 1 heterocycles. The first-order chi connectivity index (χ1) is 8.31. The number of nitrogens with zero attached hydrogens (tertiary/aromatic N) is 1. The Morgan fingerprint density at radius 1 is 1.41 bits per heavy atom. The molecule has 1 aromatic carbocycles. The number of carbonyl (C=O) groups is 1. The van der Waals surface area contributed by atoms with E-state index in [0.29, 0.717) is 12.1 Å². The summed E-state index contributed by atoms with van der Waals surface area (Å²) in [6.07, 6.45) is 4.15. The van der Waals surface area contributed by atoms with Crippen LogP contribution in [-0.2, 0) is 0 Å². The van der Waals surface area contributed by atoms with Crippen molar-refractivity contribution in [3.8, 4) is 0 Å². The van der Waals surface area contributed by atoms with Gasteiger partial charge in [0.15, 0.2) is 0 Å². The zero-order chi connectivity index (χ0) is 12.1. The minimum absolute atomic E-state index is 0.0925. The third kappa shape index (κ3) is 2.69. The fourth-order valence-electron chi connectivity index (χ4n) is 1.59. The van der Waals surface area contributed by atoms with E-state index in [1.54, 1.807) is 12.3 Å². The Morgan fingerprint density at radius 3 is 3.06 bits per heavy atom. The van der Waals surface area contributed by atoms with Crippen molar-refractivity contribution >= 4 is 16.8 Å². The summed E-state index contributed by atoms with van der Waals surface area (Å²) in [6, 6.07) is 9.59. The number of amides is 1. The zero-order valence-corrected chi connectivity index (χ0v) is 9.52. The lowest BCUT2D eigenvalue weighted by molar-refractivity contribution is 0.0954. The number of carbonyl (C=O) groups excluding carboxylic acids is 1. The highest BCUT2D eigenvalue weighted by atomic mass is 16.1. The quantitative estimate of drug-likeness (QED) is 0.643. The van der Waals surface area contributed by atoms with Crippen molar-refractivity contribution in [2.24, 2.45) is 0 Å². The lowest BCUT2D eigenvalue weighted by Crippen LogP contribution is -2.24. The zero-order valence-electron chi connectivity index (χ0n) is 9.52. The molecule has 0 atom stereocenters. The first kappa shape index (κ1) is 11.3. The Balaban J connectivity index is 2.18. The maximum atomic E-state index is 11.8. The first-order valence-electron chi connectivity index (χ1n) is 5.55. The number of pyridine rings is 1. The highest BCUT2D eigenvalue weighted by Gasteiger charge is 2.05. The van der Waals surface area contributed by atoms with Gasteiger partial charge in [0.05, 0.1) is 11.1 Å². The van der Waals surface area contributed by atoms with Crippen molar-refractivity contribution in [1.29, 1.82) is 0 Å². The molecule has 17 heavy (non-hydrogen) atoms. The topological polar surface area (TPSA) is 42.0 Å². The standard InChI is InChI=1S/C14H14N2O/c1-2-3-8-15-14(17)12-9-11-6-4-5-7-13(11)16-10-12/h2,4-7,9-10H,1,3,8H2,(H,15,17). The van der Waals surface area contributed by atoms with Crippen LogP contribution in [0.25, 0.3) is 10.9 Å². The van der Waals surface area contributed by atoms with E-state index in [1.165, 1.54) is 0 Å². The summed E-state index contributed by atoms with van der Waals surface area (Å²) in [4.78, 5) is 16.0. The van der Waals surface area contributed by atoms with Crippen LogP contribution >= 0.6 is 0 Å². The molecule has 86 valence electrons. The van der Waals surface area contributed by atoms with Crippen LogP contribution in [0.2, 0.25) is 0 Å². The first-order valence-corrected chi connectivity index (χ1v) is 5.55. The molecule has 0 spiro atoms. The van der Waals surface area contributed by atoms with Crippen molar-refractivity contribution in [3.63, 3.8) is 0 Å². The van der Waals surface area contributed by atoms with E-state index in [9.17, 15) is 4.79 Å². The van der Waals surface area contributed by atoms with Crippen LogP contribution in [0.3, 0.4) is 0 Å². The van der Waals surface area contributed by atoms with E-state index in [-0.39, 0.29) is 5.91 Å². The van der Waals surface area contributed by atoms with Gasteiger partial charge in [0.2, 0.25) is 0 Å². The Morgan fingerprint density at radius 2 is 2.24 bits per heavy atom. The molecule has 0 fully saturated rings. The second-order valence-corrected chi connectivity index (χ2v) is 3.75. The highest BCUT2D eigenvalue weighted by molar-refractivity contribution is 5.97. The summed E-state index contributed by atoms with van der Waals surface area (Å²) in [5, 5.41) is 3.79. The van der Waals surface area contributed by atoms with E-state index in [4.69, 9.17) is 0 Å². The molecular formula is C14H14N2O. The van der Waals surface area contributed by atoms with Gasteiger partial charge in [-0.25, -0.2) is 0 Å². The average Bonchev–Trinajstić information content (AvgIpc) is 2.38. The van der Waals surface area contributed by atoms with E-state index < -0.39 is 0 Å². The van der Waals surface area contributed by atoms with Gasteiger partial charge in [0.1, 0.15) is 0 Å². The van der Waals surface area contributed by atoms with Crippen molar-refractivity contribution in [3.05, 3.63) is 54.7 Å². The number of aromatic nitrogens is 1. The average molecular weight is 226 g/mol. The SMILES string of the molecule is C=CCCNC(=O)c1cnc2ccccc2c1. The highest BCUT2D eigenvalue weighted by Crippen LogP contribution is 2.12. The molecule has 0 aliphatic carbocycles. The summed E-state index contributed by atoms with van der Waals surface area (Å²) < 4.78 is 0. The molecule has 3 nitrogen and oxygen atoms in total. The maximum Gasteiger partial charge on any atom is 0.252 e. The third-order valence-corrected chi connectivity index (χ3v) is 2.49. The molecule has 0 aliphatic rings. The normalized spacial score (nSPS) is 10.1. The molecule has 0 aliphatic heterocycles. The van der Waals surface area contributed by atoms with Crippen LogP contribution in [0.4, 0.5) is 0 Å². The molecule has 1 N–H and O–H groups in total. The van der Waals surface area contributed by atoms with Gasteiger partial charge in [-0.1, -0.05) is 24.3 Å². The molecule has 0 radical (unpaired) electrons. The number of benzene rings is 1. The molecule has 0 saturated carbocycles. The molecule has 0 saturated heterocycles. The van der Waals surface area contributed by atoms with Crippen LogP contribution in [0.1, 0.15) is 16.8 Å². The molecular weight excluding hydrogens is 212 g/mol. The van der Waals surface area contributed by atoms with Gasteiger partial charge in [-0.3, -0.25) is 9.78 Å². The molecule has 3 heteroatoms. The predicted molar refractivity (Wildman–Crippen MR) is 68.9 cm³/mol. The number of rotatable bonds is 4. The van der Waals surface area contributed by atoms with E-state index in [1.807, 2.05) is 30.3 Å². The maximum absolute atomic E-state index is 11.8. The second-order valence-electron chi connectivity index (χ2n) is 3.75. The molecule has 0 bridgehead atoms. The Hall–Kier alpha value is -2.16. The smallest absolute Gasteiger partial charge is 0.252 e. The van der Waals surface area contributed by atoms with Crippen LogP contribution < -0.4 is 5.32 Å². The van der Waals surface area contributed by atoms with Gasteiger partial charge in [-0.2, -0.15) is 0 Å². The monoisotopic (exact) mass is 226 g/mol. The number of nitrogens with one attached hydrogen (secondary N) is 1. The number of fused-ring (bicyclic) bond motifs is 1. The summed E-state index contributed by atoms with van der Waals surface area (Å²) in [6.45, 7) is 4.21. The lowest BCUT2D eigenvalue weighted by Gasteiger charge is -2.04. The molecule has 2 aromatic rings. The number of hydrogen-bond acceptors (Lipinski definition) is 2. The molecule has 0 unspecified atom stereocenters. The van der Waals surface area contributed by atoms with E-state index >= 15 is 0 Å². The fraction of sp³-hybridized carbons (Fsp3) is 0.143. The van der Waals surface area contributed by atoms with Crippen LogP contribution in [-0.4, -0.2) is 17.4 Å². The molecule has 2 rings (SSSR count). The van der Waals surface area contributed by atoms with Gasteiger partial charge in [0.25, 0.3) is 5.91 Å². The van der Waals surface area contributed by atoms with E-state index in [2.05, 4.69) is 16.9 Å². The minimum atomic E-state index is -0.0925. The molecule has 1 aromatic heterocycles. The minimum Gasteiger partial charge on any atom is -0.352 e. The van der Waals surface area contributed by atoms with E-state index in [0.717, 1.165) is 17.3 Å². The van der Waals surface area contributed by atoms with Gasteiger partial charge in [0, 0.05) is 18.1 Å². The Bertz CT molecular complexity index is 549. The van der Waals surface area contributed by atoms with Crippen molar-refractivity contribution in [1.82, 2.24) is 10.3 Å². The summed E-state index contributed by atoms with van der Waals surface area (Å²) >= 11 is 0. The summed E-state index contributed by atoms with van der Waals surface area (Å²) in [5.74, 6) is -0.0925. The summed E-state index contributed by atoms with van der Waals surface area (Å²) in [7, 11) is 0. The Labute approximate surface area is 100 Å². The van der Waals surface area contributed by atoms with Gasteiger partial charge in [-0.05, 0) is 18.6 Å². The second kappa shape index (κ2) is 5.25. The van der Waals surface area contributed by atoms with Crippen molar-refractivity contribution in [2.75, 3.05) is 6.54 Å². The fourth-order valence-corrected chi connectivity index (χ4v) is 1.59. The summed E-state index contributed by atoms with van der Waals surface area (Å²) in [5.41, 5.74) is 1.49. The van der Waals surface area contributed by atoms with Crippen molar-refractivity contribution < 1.29 is 4.79 Å². The van der Waals surface area contributed by atoms with Crippen LogP contribution in [0, 0.1) is 0 Å². The van der Waals surface area contributed by atoms with Gasteiger partial charge in [-0.15, -0.1) is 6.58 Å². The van der Waals surface area contributed by atoms with Gasteiger partial charge >= 0.3 is 0 Å². The molecule has 1 amide bonds. The van der Waals surface area contributed by atoms with Crippen LogP contribution in [0.5, 0.6) is 0 Å². The van der Waals surface area contributed by atoms with Crippen molar-refractivity contribution in [2.45, 2.75) is 6.42 Å². The van der Waals surface area contributed by atoms with Crippen LogP contribution in [0.15, 0.2) is 49.2 Å². The number of hydrogen-bond donors (Lipinski definition) is 1.